The van der Waals surface area contributed by atoms with E-state index in [2.05, 4.69) is 5.10 Å². The number of aromatic carboxylic acids is 1. The third kappa shape index (κ3) is 2.07. The molecule has 5 nitrogen and oxygen atoms in total. The molecule has 94 valence electrons. The van der Waals surface area contributed by atoms with Gasteiger partial charge in [-0.15, -0.1) is 0 Å². The smallest absolute Gasteiger partial charge is 0.354 e. The fourth-order valence-corrected chi connectivity index (χ4v) is 1.82. The van der Waals surface area contributed by atoms with E-state index in [-0.39, 0.29) is 5.69 Å². The lowest BCUT2D eigenvalue weighted by Crippen LogP contribution is -2.08. The van der Waals surface area contributed by atoms with Crippen LogP contribution in [0.25, 0.3) is 11.3 Å². The molecule has 0 fully saturated rings. The minimum absolute atomic E-state index is 0.179. The van der Waals surface area contributed by atoms with Crippen molar-refractivity contribution in [1.82, 2.24) is 9.78 Å². The predicted octanol–water partition coefficient (Wildman–Crippen LogP) is 2.28. The van der Waals surface area contributed by atoms with Gasteiger partial charge in [0.15, 0.2) is 0 Å². The lowest BCUT2D eigenvalue weighted by molar-refractivity contribution is 0.0683. The summed E-state index contributed by atoms with van der Waals surface area (Å²) in [6.07, 6.45) is 0. The molecule has 0 spiro atoms. The Bertz CT molecular complexity index is 575. The number of nitrogens with zero attached hydrogens (tertiary/aromatic N) is 2. The summed E-state index contributed by atoms with van der Waals surface area (Å²) >= 11 is 0. The summed E-state index contributed by atoms with van der Waals surface area (Å²) < 4.78 is 6.71. The number of carbonyl (C=O) groups is 1. The number of carboxylic acids is 1. The fraction of sp³-hybridized carbons (Fsp3) is 0.231. The van der Waals surface area contributed by atoms with E-state index in [1.165, 1.54) is 4.68 Å². The zero-order chi connectivity index (χ0) is 13.1. The molecule has 5 heteroatoms. The van der Waals surface area contributed by atoms with Crippen LogP contribution in [-0.2, 0) is 6.54 Å². The highest BCUT2D eigenvalue weighted by molar-refractivity contribution is 5.87. The number of para-hydroxylation sites is 1. The largest absolute Gasteiger partial charge is 0.496 e. The first-order chi connectivity index (χ1) is 8.67. The molecule has 0 unspecified atom stereocenters. The Hall–Kier alpha value is -2.30. The van der Waals surface area contributed by atoms with Crippen LogP contribution in [0.2, 0.25) is 0 Å². The zero-order valence-electron chi connectivity index (χ0n) is 10.3. The molecular formula is C13H14N2O3. The van der Waals surface area contributed by atoms with Crippen molar-refractivity contribution in [2.75, 3.05) is 7.11 Å². The molecule has 0 amide bonds. The van der Waals surface area contributed by atoms with E-state index in [1.807, 2.05) is 31.2 Å². The van der Waals surface area contributed by atoms with Gasteiger partial charge in [-0.3, -0.25) is 4.68 Å². The van der Waals surface area contributed by atoms with Crippen LogP contribution in [-0.4, -0.2) is 28.0 Å². The van der Waals surface area contributed by atoms with Crippen molar-refractivity contribution in [2.24, 2.45) is 0 Å². The maximum atomic E-state index is 11.1. The van der Waals surface area contributed by atoms with E-state index in [0.29, 0.717) is 18.0 Å². The summed E-state index contributed by atoms with van der Waals surface area (Å²) in [5.74, 6) is -0.305. The van der Waals surface area contributed by atoms with Crippen molar-refractivity contribution in [3.05, 3.63) is 36.0 Å². The number of rotatable bonds is 4. The van der Waals surface area contributed by atoms with Crippen LogP contribution in [0.4, 0.5) is 0 Å². The minimum atomic E-state index is -0.981. The molecule has 2 rings (SSSR count). The third-order valence-corrected chi connectivity index (χ3v) is 2.68. The van der Waals surface area contributed by atoms with Crippen molar-refractivity contribution < 1.29 is 14.6 Å². The zero-order valence-corrected chi connectivity index (χ0v) is 10.3. The molecule has 0 saturated heterocycles. The number of aryl methyl sites for hydroxylation is 1. The average molecular weight is 246 g/mol. The van der Waals surface area contributed by atoms with Crippen molar-refractivity contribution in [3.63, 3.8) is 0 Å². The number of carboxylic acid groups (broad SMARTS) is 1. The molecule has 0 radical (unpaired) electrons. The Morgan fingerprint density at radius 1 is 1.44 bits per heavy atom. The Kier molecular flexibility index (Phi) is 3.32. The van der Waals surface area contributed by atoms with Gasteiger partial charge in [0.25, 0.3) is 0 Å². The summed E-state index contributed by atoms with van der Waals surface area (Å²) in [5.41, 5.74) is 1.57. The Labute approximate surface area is 105 Å². The van der Waals surface area contributed by atoms with E-state index >= 15 is 0 Å². The van der Waals surface area contributed by atoms with Gasteiger partial charge in [-0.05, 0) is 25.1 Å². The molecule has 0 bridgehead atoms. The standard InChI is InChI=1S/C13H14N2O3/c1-3-15-11(13(16)17)8-10(14-15)9-6-4-5-7-12(9)18-2/h4-8H,3H2,1-2H3,(H,16,17). The number of hydrogen-bond acceptors (Lipinski definition) is 3. The Morgan fingerprint density at radius 2 is 2.17 bits per heavy atom. The average Bonchev–Trinajstić information content (AvgIpc) is 2.82. The van der Waals surface area contributed by atoms with Crippen molar-refractivity contribution in [2.45, 2.75) is 13.5 Å². The summed E-state index contributed by atoms with van der Waals surface area (Å²) in [5, 5.41) is 13.4. The lowest BCUT2D eigenvalue weighted by atomic mass is 10.1. The Balaban J connectivity index is 2.54. The molecule has 0 aliphatic heterocycles. The van der Waals surface area contributed by atoms with Crippen molar-refractivity contribution in [1.29, 1.82) is 0 Å². The summed E-state index contributed by atoms with van der Waals surface area (Å²) in [4.78, 5) is 11.1. The fourth-order valence-electron chi connectivity index (χ4n) is 1.82. The number of ether oxygens (including phenoxy) is 1. The third-order valence-electron chi connectivity index (χ3n) is 2.68. The van der Waals surface area contributed by atoms with Crippen LogP contribution >= 0.6 is 0 Å². The monoisotopic (exact) mass is 246 g/mol. The van der Waals surface area contributed by atoms with Crippen LogP contribution in [0, 0.1) is 0 Å². The normalized spacial score (nSPS) is 10.3. The maximum absolute atomic E-state index is 11.1. The van der Waals surface area contributed by atoms with E-state index in [9.17, 15) is 4.79 Å². The number of hydrogen-bond donors (Lipinski definition) is 1. The topological polar surface area (TPSA) is 64.4 Å². The predicted molar refractivity (Wildman–Crippen MR) is 66.8 cm³/mol. The second kappa shape index (κ2) is 4.91. The minimum Gasteiger partial charge on any atom is -0.496 e. The second-order valence-electron chi connectivity index (χ2n) is 3.74. The van der Waals surface area contributed by atoms with Crippen molar-refractivity contribution >= 4 is 5.97 Å². The van der Waals surface area contributed by atoms with Gasteiger partial charge in [0.2, 0.25) is 0 Å². The highest BCUT2D eigenvalue weighted by Gasteiger charge is 2.16. The molecular weight excluding hydrogens is 232 g/mol. The molecule has 2 aromatic rings. The lowest BCUT2D eigenvalue weighted by Gasteiger charge is -2.04. The van der Waals surface area contributed by atoms with E-state index in [1.54, 1.807) is 13.2 Å². The molecule has 0 aliphatic carbocycles. The number of aromatic nitrogens is 2. The maximum Gasteiger partial charge on any atom is 0.354 e. The molecule has 1 aromatic heterocycles. The molecule has 1 aromatic carbocycles. The van der Waals surface area contributed by atoms with E-state index < -0.39 is 5.97 Å². The van der Waals surface area contributed by atoms with Crippen molar-refractivity contribution in [3.8, 4) is 17.0 Å². The highest BCUT2D eigenvalue weighted by Crippen LogP contribution is 2.28. The van der Waals surface area contributed by atoms with Gasteiger partial charge in [0.1, 0.15) is 11.4 Å². The quantitative estimate of drug-likeness (QED) is 0.898. The van der Waals surface area contributed by atoms with Gasteiger partial charge in [-0.25, -0.2) is 4.79 Å². The molecule has 18 heavy (non-hydrogen) atoms. The van der Waals surface area contributed by atoms with Crippen LogP contribution in [0.5, 0.6) is 5.75 Å². The van der Waals surface area contributed by atoms with Gasteiger partial charge in [0.05, 0.1) is 12.8 Å². The van der Waals surface area contributed by atoms with Gasteiger partial charge < -0.3 is 9.84 Å². The molecule has 0 atom stereocenters. The molecule has 1 heterocycles. The number of benzene rings is 1. The van der Waals surface area contributed by atoms with E-state index in [0.717, 1.165) is 5.56 Å². The van der Waals surface area contributed by atoms with Gasteiger partial charge >= 0.3 is 5.97 Å². The highest BCUT2D eigenvalue weighted by atomic mass is 16.5. The summed E-state index contributed by atoms with van der Waals surface area (Å²) in [7, 11) is 1.58. The second-order valence-corrected chi connectivity index (χ2v) is 3.74. The van der Waals surface area contributed by atoms with E-state index in [4.69, 9.17) is 9.84 Å². The van der Waals surface area contributed by atoms with Crippen LogP contribution < -0.4 is 4.74 Å². The molecule has 1 N–H and O–H groups in total. The molecule has 0 saturated carbocycles. The SMILES string of the molecule is CCn1nc(-c2ccccc2OC)cc1C(=O)O. The van der Waals surface area contributed by atoms with Gasteiger partial charge in [0, 0.05) is 12.1 Å². The van der Waals surface area contributed by atoms with Crippen LogP contribution in [0.15, 0.2) is 30.3 Å². The number of methoxy groups -OCH3 is 1. The first-order valence-corrected chi connectivity index (χ1v) is 5.62. The van der Waals surface area contributed by atoms with Gasteiger partial charge in [-0.2, -0.15) is 5.10 Å². The Morgan fingerprint density at radius 3 is 2.72 bits per heavy atom. The van der Waals surface area contributed by atoms with Crippen LogP contribution in [0.3, 0.4) is 0 Å². The summed E-state index contributed by atoms with van der Waals surface area (Å²) in [6.45, 7) is 2.36. The first kappa shape index (κ1) is 12.2. The first-order valence-electron chi connectivity index (χ1n) is 5.62. The van der Waals surface area contributed by atoms with Crippen LogP contribution in [0.1, 0.15) is 17.4 Å². The summed E-state index contributed by atoms with van der Waals surface area (Å²) in [6, 6.07) is 8.96. The molecule has 0 aliphatic rings. The van der Waals surface area contributed by atoms with Gasteiger partial charge in [-0.1, -0.05) is 12.1 Å².